The van der Waals surface area contributed by atoms with Gasteiger partial charge in [-0.25, -0.2) is 0 Å². The smallest absolute Gasteiger partial charge is 0.244 e. The predicted octanol–water partition coefficient (Wildman–Crippen LogP) is 3.63. The Kier molecular flexibility index (Phi) is 6.30. The molecule has 7 nitrogen and oxygen atoms in total. The number of ether oxygens (including phenoxy) is 2. The van der Waals surface area contributed by atoms with Gasteiger partial charge in [0.2, 0.25) is 11.7 Å². The monoisotopic (exact) mass is 408 g/mol. The minimum atomic E-state index is 0.0904. The van der Waals surface area contributed by atoms with E-state index >= 15 is 0 Å². The predicted molar refractivity (Wildman–Crippen MR) is 115 cm³/mol. The molecule has 0 aliphatic carbocycles. The van der Waals surface area contributed by atoms with E-state index in [0.717, 1.165) is 49.8 Å². The van der Waals surface area contributed by atoms with Crippen molar-refractivity contribution < 1.29 is 14.0 Å². The molecule has 158 valence electrons. The van der Waals surface area contributed by atoms with E-state index in [1.165, 1.54) is 5.56 Å². The summed E-state index contributed by atoms with van der Waals surface area (Å²) in [4.78, 5) is 9.45. The molecule has 0 N–H and O–H groups in total. The van der Waals surface area contributed by atoms with Gasteiger partial charge in [-0.15, -0.1) is 0 Å². The third-order valence-corrected chi connectivity index (χ3v) is 5.67. The lowest BCUT2D eigenvalue weighted by molar-refractivity contribution is 0.0841. The van der Waals surface area contributed by atoms with Crippen molar-refractivity contribution in [1.29, 1.82) is 0 Å². The Morgan fingerprint density at radius 3 is 2.47 bits per heavy atom. The van der Waals surface area contributed by atoms with Crippen LogP contribution in [0.5, 0.6) is 11.5 Å². The van der Waals surface area contributed by atoms with Crippen molar-refractivity contribution in [2.75, 3.05) is 40.4 Å². The van der Waals surface area contributed by atoms with Crippen LogP contribution >= 0.6 is 0 Å². The second-order valence-corrected chi connectivity index (χ2v) is 7.49. The zero-order valence-corrected chi connectivity index (χ0v) is 17.7. The molecule has 1 aliphatic heterocycles. The van der Waals surface area contributed by atoms with Crippen LogP contribution in [0.1, 0.15) is 24.4 Å². The number of nitrogens with zero attached hydrogens (tertiary/aromatic N) is 4. The topological polar surface area (TPSA) is 63.9 Å². The number of piperazine rings is 1. The number of hydrogen-bond acceptors (Lipinski definition) is 7. The van der Waals surface area contributed by atoms with E-state index in [2.05, 4.69) is 32.9 Å². The van der Waals surface area contributed by atoms with Gasteiger partial charge < -0.3 is 14.0 Å². The van der Waals surface area contributed by atoms with Crippen molar-refractivity contribution in [2.24, 2.45) is 0 Å². The largest absolute Gasteiger partial charge is 0.497 e. The minimum absolute atomic E-state index is 0.0904. The van der Waals surface area contributed by atoms with E-state index in [1.807, 2.05) is 42.5 Å². The number of rotatable bonds is 7. The highest BCUT2D eigenvalue weighted by Crippen LogP contribution is 2.27. The van der Waals surface area contributed by atoms with E-state index in [4.69, 9.17) is 14.0 Å². The molecule has 7 heteroatoms. The van der Waals surface area contributed by atoms with Crippen molar-refractivity contribution in [1.82, 2.24) is 19.9 Å². The maximum atomic E-state index is 5.56. The number of benzene rings is 2. The number of aromatic nitrogens is 2. The van der Waals surface area contributed by atoms with Crippen LogP contribution in [0.3, 0.4) is 0 Å². The van der Waals surface area contributed by atoms with Crippen LogP contribution in [-0.4, -0.2) is 60.3 Å². The van der Waals surface area contributed by atoms with Crippen LogP contribution < -0.4 is 9.47 Å². The molecular weight excluding hydrogens is 380 g/mol. The Labute approximate surface area is 177 Å². The quantitative estimate of drug-likeness (QED) is 0.591. The van der Waals surface area contributed by atoms with Gasteiger partial charge in [0.1, 0.15) is 11.5 Å². The fourth-order valence-electron chi connectivity index (χ4n) is 3.80. The van der Waals surface area contributed by atoms with E-state index in [1.54, 1.807) is 14.2 Å². The van der Waals surface area contributed by atoms with Crippen LogP contribution in [0, 0.1) is 0 Å². The van der Waals surface area contributed by atoms with Crippen molar-refractivity contribution in [2.45, 2.75) is 19.5 Å². The van der Waals surface area contributed by atoms with Gasteiger partial charge in [0.25, 0.3) is 0 Å². The Balaban J connectivity index is 1.35. The van der Waals surface area contributed by atoms with Gasteiger partial charge in [0, 0.05) is 49.9 Å². The second-order valence-electron chi connectivity index (χ2n) is 7.49. The maximum Gasteiger partial charge on any atom is 0.244 e. The van der Waals surface area contributed by atoms with Crippen molar-refractivity contribution in [3.8, 4) is 22.9 Å². The molecule has 0 amide bonds. The highest BCUT2D eigenvalue weighted by molar-refractivity contribution is 5.53. The zero-order chi connectivity index (χ0) is 20.9. The van der Waals surface area contributed by atoms with Gasteiger partial charge in [-0.05, 0) is 13.0 Å². The van der Waals surface area contributed by atoms with Gasteiger partial charge in [0.15, 0.2) is 0 Å². The Hall–Kier alpha value is -2.90. The summed E-state index contributed by atoms with van der Waals surface area (Å²) in [6.45, 7) is 6.82. The molecule has 0 bridgehead atoms. The summed E-state index contributed by atoms with van der Waals surface area (Å²) in [5.41, 5.74) is 2.14. The summed E-state index contributed by atoms with van der Waals surface area (Å²) < 4.78 is 16.4. The molecule has 2 heterocycles. The summed E-state index contributed by atoms with van der Waals surface area (Å²) in [6, 6.07) is 16.0. The number of hydrogen-bond donors (Lipinski definition) is 0. The van der Waals surface area contributed by atoms with Gasteiger partial charge in [0.05, 0.1) is 20.3 Å². The van der Waals surface area contributed by atoms with Crippen LogP contribution in [-0.2, 0) is 6.54 Å². The molecule has 1 aromatic heterocycles. The number of methoxy groups -OCH3 is 2. The summed E-state index contributed by atoms with van der Waals surface area (Å²) in [7, 11) is 3.37. The highest BCUT2D eigenvalue weighted by atomic mass is 16.5. The molecule has 0 saturated carbocycles. The lowest BCUT2D eigenvalue weighted by atomic mass is 10.1. The molecule has 0 radical (unpaired) electrons. The first kappa shape index (κ1) is 20.4. The summed E-state index contributed by atoms with van der Waals surface area (Å²) in [5, 5.41) is 4.16. The third-order valence-electron chi connectivity index (χ3n) is 5.67. The first-order valence-corrected chi connectivity index (χ1v) is 10.2. The Morgan fingerprint density at radius 1 is 1.00 bits per heavy atom. The van der Waals surface area contributed by atoms with Crippen LogP contribution in [0.25, 0.3) is 11.4 Å². The van der Waals surface area contributed by atoms with E-state index < -0.39 is 0 Å². The molecule has 1 aliphatic rings. The molecule has 30 heavy (non-hydrogen) atoms. The van der Waals surface area contributed by atoms with Crippen molar-refractivity contribution in [3.63, 3.8) is 0 Å². The SMILES string of the molecule is COc1ccc(CN2CCN([C@H](C)c3nc(-c4ccccc4)no3)CC2)c(OC)c1. The molecule has 3 aromatic rings. The van der Waals surface area contributed by atoms with E-state index in [-0.39, 0.29) is 6.04 Å². The van der Waals surface area contributed by atoms with Gasteiger partial charge >= 0.3 is 0 Å². The lowest BCUT2D eigenvalue weighted by Gasteiger charge is -2.37. The first-order valence-electron chi connectivity index (χ1n) is 10.2. The molecule has 2 aromatic carbocycles. The van der Waals surface area contributed by atoms with E-state index in [0.29, 0.717) is 11.7 Å². The average Bonchev–Trinajstić information content (AvgIpc) is 3.30. The Bertz CT molecular complexity index is 952. The van der Waals surface area contributed by atoms with Gasteiger partial charge in [-0.2, -0.15) is 4.98 Å². The molecule has 1 atom stereocenters. The van der Waals surface area contributed by atoms with Gasteiger partial charge in [-0.1, -0.05) is 41.6 Å². The summed E-state index contributed by atoms with van der Waals surface area (Å²) >= 11 is 0. The van der Waals surface area contributed by atoms with Crippen LogP contribution in [0.2, 0.25) is 0 Å². The lowest BCUT2D eigenvalue weighted by Crippen LogP contribution is -2.46. The second kappa shape index (κ2) is 9.28. The maximum absolute atomic E-state index is 5.56. The summed E-state index contributed by atoms with van der Waals surface area (Å²) in [6.07, 6.45) is 0. The molecule has 4 rings (SSSR count). The fourth-order valence-corrected chi connectivity index (χ4v) is 3.80. The van der Waals surface area contributed by atoms with E-state index in [9.17, 15) is 0 Å². The standard InChI is InChI=1S/C23H28N4O3/c1-17(23-24-22(25-30-23)18-7-5-4-6-8-18)27-13-11-26(12-14-27)16-19-9-10-20(28-2)15-21(19)29-3/h4-10,15,17H,11-14,16H2,1-3H3/t17-/m1/s1. The van der Waals surface area contributed by atoms with Crippen molar-refractivity contribution >= 4 is 0 Å². The molecular formula is C23H28N4O3. The normalized spacial score (nSPS) is 16.4. The average molecular weight is 409 g/mol. The van der Waals surface area contributed by atoms with Crippen molar-refractivity contribution in [3.05, 3.63) is 60.0 Å². The van der Waals surface area contributed by atoms with Crippen LogP contribution in [0.4, 0.5) is 0 Å². The highest BCUT2D eigenvalue weighted by Gasteiger charge is 2.26. The zero-order valence-electron chi connectivity index (χ0n) is 17.7. The molecule has 0 spiro atoms. The third kappa shape index (κ3) is 4.47. The first-order chi connectivity index (χ1) is 14.7. The molecule has 1 fully saturated rings. The molecule has 1 saturated heterocycles. The summed E-state index contributed by atoms with van der Waals surface area (Å²) in [5.74, 6) is 2.98. The van der Waals surface area contributed by atoms with Gasteiger partial charge in [-0.3, -0.25) is 9.80 Å². The minimum Gasteiger partial charge on any atom is -0.497 e. The Morgan fingerprint density at radius 2 is 1.77 bits per heavy atom. The fraction of sp³-hybridized carbons (Fsp3) is 0.391. The van der Waals surface area contributed by atoms with Crippen LogP contribution in [0.15, 0.2) is 53.1 Å². The molecule has 0 unspecified atom stereocenters.